The SMILES string of the molecule is CCOCCCC(=O)NCCc1ccc(O)cc1. The molecule has 18 heavy (non-hydrogen) atoms. The smallest absolute Gasteiger partial charge is 0.220 e. The number of phenols is 1. The summed E-state index contributed by atoms with van der Waals surface area (Å²) in [6, 6.07) is 7.02. The van der Waals surface area contributed by atoms with Gasteiger partial charge in [-0.2, -0.15) is 0 Å². The summed E-state index contributed by atoms with van der Waals surface area (Å²) in [6.45, 7) is 3.90. The van der Waals surface area contributed by atoms with E-state index in [0.717, 1.165) is 18.4 Å². The van der Waals surface area contributed by atoms with Crippen LogP contribution in [-0.4, -0.2) is 30.8 Å². The summed E-state index contributed by atoms with van der Waals surface area (Å²) >= 11 is 0. The van der Waals surface area contributed by atoms with Crippen LogP contribution in [0.15, 0.2) is 24.3 Å². The van der Waals surface area contributed by atoms with E-state index in [4.69, 9.17) is 9.84 Å². The molecule has 0 bridgehead atoms. The van der Waals surface area contributed by atoms with E-state index in [1.54, 1.807) is 12.1 Å². The Hall–Kier alpha value is -1.55. The van der Waals surface area contributed by atoms with Crippen LogP contribution < -0.4 is 5.32 Å². The summed E-state index contributed by atoms with van der Waals surface area (Å²) in [5, 5.41) is 12.0. The fraction of sp³-hybridized carbons (Fsp3) is 0.500. The maximum atomic E-state index is 11.4. The highest BCUT2D eigenvalue weighted by atomic mass is 16.5. The first-order valence-corrected chi connectivity index (χ1v) is 6.34. The van der Waals surface area contributed by atoms with Crippen LogP contribution in [0, 0.1) is 0 Å². The number of aromatic hydroxyl groups is 1. The Morgan fingerprint density at radius 1 is 1.33 bits per heavy atom. The van der Waals surface area contributed by atoms with Crippen LogP contribution >= 0.6 is 0 Å². The minimum atomic E-state index is 0.0634. The first-order chi connectivity index (χ1) is 8.72. The van der Waals surface area contributed by atoms with E-state index < -0.39 is 0 Å². The van der Waals surface area contributed by atoms with E-state index in [1.165, 1.54) is 0 Å². The second-order valence-corrected chi connectivity index (χ2v) is 4.07. The Morgan fingerprint density at radius 3 is 2.72 bits per heavy atom. The van der Waals surface area contributed by atoms with Crippen molar-refractivity contribution in [2.24, 2.45) is 0 Å². The lowest BCUT2D eigenvalue weighted by molar-refractivity contribution is -0.121. The number of nitrogens with one attached hydrogen (secondary N) is 1. The van der Waals surface area contributed by atoms with Crippen molar-refractivity contribution >= 4 is 5.91 Å². The van der Waals surface area contributed by atoms with Crippen molar-refractivity contribution in [3.63, 3.8) is 0 Å². The molecular formula is C14H21NO3. The average Bonchev–Trinajstić information content (AvgIpc) is 2.37. The zero-order valence-corrected chi connectivity index (χ0v) is 10.8. The topological polar surface area (TPSA) is 58.6 Å². The van der Waals surface area contributed by atoms with Gasteiger partial charge in [0.15, 0.2) is 0 Å². The molecule has 1 amide bonds. The average molecular weight is 251 g/mol. The summed E-state index contributed by atoms with van der Waals surface area (Å²) in [4.78, 5) is 11.4. The number of rotatable bonds is 8. The third kappa shape index (κ3) is 6.25. The molecule has 0 unspecified atom stereocenters. The molecule has 100 valence electrons. The lowest BCUT2D eigenvalue weighted by atomic mass is 10.1. The Kier molecular flexibility index (Phi) is 6.87. The molecule has 4 heteroatoms. The van der Waals surface area contributed by atoms with Crippen LogP contribution in [-0.2, 0) is 16.0 Å². The van der Waals surface area contributed by atoms with Gasteiger partial charge in [-0.3, -0.25) is 4.79 Å². The Bertz CT molecular complexity index is 349. The maximum Gasteiger partial charge on any atom is 0.220 e. The minimum Gasteiger partial charge on any atom is -0.508 e. The van der Waals surface area contributed by atoms with E-state index in [0.29, 0.717) is 26.2 Å². The molecule has 0 aliphatic rings. The predicted molar refractivity (Wildman–Crippen MR) is 70.5 cm³/mol. The lowest BCUT2D eigenvalue weighted by Gasteiger charge is -2.05. The fourth-order valence-electron chi connectivity index (χ4n) is 1.58. The third-order valence-corrected chi connectivity index (χ3v) is 2.57. The van der Waals surface area contributed by atoms with Crippen molar-refractivity contribution in [2.75, 3.05) is 19.8 Å². The highest BCUT2D eigenvalue weighted by molar-refractivity contribution is 5.75. The minimum absolute atomic E-state index is 0.0634. The van der Waals surface area contributed by atoms with E-state index in [-0.39, 0.29) is 11.7 Å². The summed E-state index contributed by atoms with van der Waals surface area (Å²) in [5.74, 6) is 0.326. The van der Waals surface area contributed by atoms with Crippen molar-refractivity contribution in [2.45, 2.75) is 26.2 Å². The monoisotopic (exact) mass is 251 g/mol. The second-order valence-electron chi connectivity index (χ2n) is 4.07. The molecule has 1 aromatic carbocycles. The predicted octanol–water partition coefficient (Wildman–Crippen LogP) is 1.87. The number of ether oxygens (including phenoxy) is 1. The summed E-state index contributed by atoms with van der Waals surface area (Å²) in [5.41, 5.74) is 1.10. The molecular weight excluding hydrogens is 230 g/mol. The normalized spacial score (nSPS) is 10.3. The largest absolute Gasteiger partial charge is 0.508 e. The molecule has 0 aliphatic carbocycles. The fourth-order valence-corrected chi connectivity index (χ4v) is 1.58. The van der Waals surface area contributed by atoms with Crippen LogP contribution in [0.2, 0.25) is 0 Å². The Balaban J connectivity index is 2.10. The lowest BCUT2D eigenvalue weighted by Crippen LogP contribution is -2.25. The van der Waals surface area contributed by atoms with Gasteiger partial charge in [0.2, 0.25) is 5.91 Å². The molecule has 4 nitrogen and oxygen atoms in total. The van der Waals surface area contributed by atoms with Crippen molar-refractivity contribution in [1.82, 2.24) is 5.32 Å². The van der Waals surface area contributed by atoms with Crippen LogP contribution in [0.25, 0.3) is 0 Å². The van der Waals surface area contributed by atoms with Gasteiger partial charge >= 0.3 is 0 Å². The summed E-state index contributed by atoms with van der Waals surface area (Å²) in [6.07, 6.45) is 2.05. The van der Waals surface area contributed by atoms with E-state index in [1.807, 2.05) is 19.1 Å². The van der Waals surface area contributed by atoms with Gasteiger partial charge in [-0.15, -0.1) is 0 Å². The number of benzene rings is 1. The zero-order valence-electron chi connectivity index (χ0n) is 10.8. The van der Waals surface area contributed by atoms with Gasteiger partial charge in [-0.1, -0.05) is 12.1 Å². The molecule has 0 spiro atoms. The standard InChI is InChI=1S/C14H21NO3/c1-2-18-11-3-4-14(17)15-10-9-12-5-7-13(16)8-6-12/h5-8,16H,2-4,9-11H2,1H3,(H,15,17). The molecule has 0 saturated carbocycles. The number of hydrogen-bond donors (Lipinski definition) is 2. The van der Waals surface area contributed by atoms with Gasteiger partial charge in [0.25, 0.3) is 0 Å². The van der Waals surface area contributed by atoms with Gasteiger partial charge in [0.1, 0.15) is 5.75 Å². The molecule has 0 aromatic heterocycles. The first-order valence-electron chi connectivity index (χ1n) is 6.34. The number of hydrogen-bond acceptors (Lipinski definition) is 3. The quantitative estimate of drug-likeness (QED) is 0.693. The molecule has 1 rings (SSSR count). The van der Waals surface area contributed by atoms with Crippen LogP contribution in [0.5, 0.6) is 5.75 Å². The Morgan fingerprint density at radius 2 is 2.06 bits per heavy atom. The maximum absolute atomic E-state index is 11.4. The van der Waals surface area contributed by atoms with Gasteiger partial charge < -0.3 is 15.2 Å². The van der Waals surface area contributed by atoms with E-state index in [2.05, 4.69) is 5.32 Å². The van der Waals surface area contributed by atoms with Crippen LogP contribution in [0.3, 0.4) is 0 Å². The molecule has 0 atom stereocenters. The highest BCUT2D eigenvalue weighted by Gasteiger charge is 2.00. The second kappa shape index (κ2) is 8.53. The highest BCUT2D eigenvalue weighted by Crippen LogP contribution is 2.09. The molecule has 0 fully saturated rings. The number of carbonyl (C=O) groups excluding carboxylic acids is 1. The van der Waals surface area contributed by atoms with Gasteiger partial charge in [0, 0.05) is 26.2 Å². The van der Waals surface area contributed by atoms with Gasteiger partial charge in [0.05, 0.1) is 0 Å². The number of amides is 1. The third-order valence-electron chi connectivity index (χ3n) is 2.57. The summed E-state index contributed by atoms with van der Waals surface area (Å²) < 4.78 is 5.17. The van der Waals surface area contributed by atoms with Gasteiger partial charge in [-0.25, -0.2) is 0 Å². The summed E-state index contributed by atoms with van der Waals surface area (Å²) in [7, 11) is 0. The zero-order chi connectivity index (χ0) is 13.2. The number of carbonyl (C=O) groups is 1. The molecule has 0 saturated heterocycles. The van der Waals surface area contributed by atoms with Crippen molar-refractivity contribution in [3.8, 4) is 5.75 Å². The molecule has 0 heterocycles. The number of phenolic OH excluding ortho intramolecular Hbond substituents is 1. The van der Waals surface area contributed by atoms with Crippen LogP contribution in [0.4, 0.5) is 0 Å². The van der Waals surface area contributed by atoms with E-state index >= 15 is 0 Å². The van der Waals surface area contributed by atoms with Crippen molar-refractivity contribution < 1.29 is 14.6 Å². The molecule has 1 aromatic rings. The molecule has 2 N–H and O–H groups in total. The van der Waals surface area contributed by atoms with E-state index in [9.17, 15) is 4.79 Å². The van der Waals surface area contributed by atoms with Gasteiger partial charge in [-0.05, 0) is 37.5 Å². The van der Waals surface area contributed by atoms with Crippen molar-refractivity contribution in [1.29, 1.82) is 0 Å². The first kappa shape index (κ1) is 14.5. The Labute approximate surface area is 108 Å². The molecule has 0 aliphatic heterocycles. The van der Waals surface area contributed by atoms with Crippen LogP contribution in [0.1, 0.15) is 25.3 Å². The molecule has 0 radical (unpaired) electrons. The van der Waals surface area contributed by atoms with Crippen molar-refractivity contribution in [3.05, 3.63) is 29.8 Å².